The molecule has 0 aliphatic carbocycles. The number of pyridine rings is 1. The number of nitrogens with one attached hydrogen (secondary N) is 1. The number of aryl methyl sites for hydroxylation is 1. The molecule has 0 saturated carbocycles. The van der Waals surface area contributed by atoms with E-state index in [1.807, 2.05) is 25.4 Å². The maximum atomic E-state index is 5.53. The molecule has 16 heavy (non-hydrogen) atoms. The Morgan fingerprint density at radius 3 is 3.00 bits per heavy atom. The van der Waals surface area contributed by atoms with Crippen LogP contribution in [0.2, 0.25) is 0 Å². The summed E-state index contributed by atoms with van der Waals surface area (Å²) in [6, 6.07) is 3.87. The SMILES string of the molecule is Cn1cc(CC(NN)c2cccnc2)nn1. The lowest BCUT2D eigenvalue weighted by Gasteiger charge is -2.13. The third-order valence-corrected chi connectivity index (χ3v) is 2.35. The second-order valence-corrected chi connectivity index (χ2v) is 3.59. The first-order valence-corrected chi connectivity index (χ1v) is 5.01. The lowest BCUT2D eigenvalue weighted by Crippen LogP contribution is -2.29. The number of hydrazine groups is 1. The molecule has 0 saturated heterocycles. The molecule has 0 amide bonds. The Morgan fingerprint density at radius 1 is 1.56 bits per heavy atom. The van der Waals surface area contributed by atoms with Gasteiger partial charge in [-0.05, 0) is 11.6 Å². The highest BCUT2D eigenvalue weighted by Crippen LogP contribution is 2.14. The van der Waals surface area contributed by atoms with Gasteiger partial charge < -0.3 is 0 Å². The van der Waals surface area contributed by atoms with Crippen molar-refractivity contribution < 1.29 is 0 Å². The molecule has 0 aliphatic rings. The topological polar surface area (TPSA) is 81.7 Å². The summed E-state index contributed by atoms with van der Waals surface area (Å²) in [6.45, 7) is 0. The monoisotopic (exact) mass is 218 g/mol. The molecule has 6 heteroatoms. The van der Waals surface area contributed by atoms with Crippen LogP contribution in [-0.4, -0.2) is 20.0 Å². The lowest BCUT2D eigenvalue weighted by atomic mass is 10.1. The summed E-state index contributed by atoms with van der Waals surface area (Å²) < 4.78 is 1.67. The van der Waals surface area contributed by atoms with E-state index in [9.17, 15) is 0 Å². The van der Waals surface area contributed by atoms with Crippen molar-refractivity contribution in [3.8, 4) is 0 Å². The second-order valence-electron chi connectivity index (χ2n) is 3.59. The summed E-state index contributed by atoms with van der Waals surface area (Å²) in [5.74, 6) is 5.53. The van der Waals surface area contributed by atoms with Gasteiger partial charge in [0.25, 0.3) is 0 Å². The van der Waals surface area contributed by atoms with Crippen LogP contribution in [0.3, 0.4) is 0 Å². The van der Waals surface area contributed by atoms with Crippen molar-refractivity contribution >= 4 is 0 Å². The smallest absolute Gasteiger partial charge is 0.0846 e. The molecule has 2 aromatic rings. The second kappa shape index (κ2) is 4.82. The maximum Gasteiger partial charge on any atom is 0.0846 e. The first-order chi connectivity index (χ1) is 7.79. The van der Waals surface area contributed by atoms with E-state index in [0.29, 0.717) is 6.42 Å². The van der Waals surface area contributed by atoms with Gasteiger partial charge in [-0.15, -0.1) is 5.10 Å². The molecule has 0 bridgehead atoms. The van der Waals surface area contributed by atoms with Crippen molar-refractivity contribution in [2.75, 3.05) is 0 Å². The molecular formula is C10H14N6. The summed E-state index contributed by atoms with van der Waals surface area (Å²) >= 11 is 0. The van der Waals surface area contributed by atoms with E-state index in [4.69, 9.17) is 5.84 Å². The van der Waals surface area contributed by atoms with Gasteiger partial charge in [-0.3, -0.25) is 20.9 Å². The summed E-state index contributed by atoms with van der Waals surface area (Å²) in [4.78, 5) is 4.06. The molecule has 1 atom stereocenters. The standard InChI is InChI=1S/C10H14N6/c1-16-7-9(14-15-16)5-10(13-11)8-3-2-4-12-6-8/h2-4,6-7,10,13H,5,11H2,1H3. The van der Waals surface area contributed by atoms with Crippen LogP contribution in [0.5, 0.6) is 0 Å². The Hall–Kier alpha value is -1.79. The maximum absolute atomic E-state index is 5.53. The lowest BCUT2D eigenvalue weighted by molar-refractivity contribution is 0.543. The molecule has 0 aromatic carbocycles. The van der Waals surface area contributed by atoms with Crippen LogP contribution >= 0.6 is 0 Å². The predicted molar refractivity (Wildman–Crippen MR) is 59.0 cm³/mol. The summed E-state index contributed by atoms with van der Waals surface area (Å²) in [5, 5.41) is 7.91. The highest BCUT2D eigenvalue weighted by molar-refractivity contribution is 5.15. The van der Waals surface area contributed by atoms with Gasteiger partial charge in [-0.25, -0.2) is 0 Å². The van der Waals surface area contributed by atoms with Gasteiger partial charge in [0.2, 0.25) is 0 Å². The van der Waals surface area contributed by atoms with Gasteiger partial charge in [0, 0.05) is 32.1 Å². The molecule has 6 nitrogen and oxygen atoms in total. The molecule has 3 N–H and O–H groups in total. The first kappa shape index (κ1) is 10.7. The average molecular weight is 218 g/mol. The fourth-order valence-electron chi connectivity index (χ4n) is 1.55. The average Bonchev–Trinajstić information content (AvgIpc) is 2.73. The number of hydrogen-bond acceptors (Lipinski definition) is 5. The molecule has 0 radical (unpaired) electrons. The molecule has 0 spiro atoms. The van der Waals surface area contributed by atoms with Crippen LogP contribution in [-0.2, 0) is 13.5 Å². The van der Waals surface area contributed by atoms with Crippen LogP contribution in [0.4, 0.5) is 0 Å². The van der Waals surface area contributed by atoms with Gasteiger partial charge in [0.1, 0.15) is 0 Å². The summed E-state index contributed by atoms with van der Waals surface area (Å²) in [5.41, 5.74) is 4.69. The summed E-state index contributed by atoms with van der Waals surface area (Å²) in [7, 11) is 1.84. The zero-order valence-corrected chi connectivity index (χ0v) is 9.04. The van der Waals surface area contributed by atoms with E-state index in [0.717, 1.165) is 11.3 Å². The minimum atomic E-state index is 0.00500. The molecule has 2 aromatic heterocycles. The fourth-order valence-corrected chi connectivity index (χ4v) is 1.55. The van der Waals surface area contributed by atoms with Crippen molar-refractivity contribution in [3.63, 3.8) is 0 Å². The number of hydrogen-bond donors (Lipinski definition) is 2. The quantitative estimate of drug-likeness (QED) is 0.555. The molecule has 0 aliphatic heterocycles. The Labute approximate surface area is 93.5 Å². The van der Waals surface area contributed by atoms with Crippen LogP contribution in [0, 0.1) is 0 Å². The molecule has 0 fully saturated rings. The van der Waals surface area contributed by atoms with E-state index in [1.165, 1.54) is 0 Å². The highest BCUT2D eigenvalue weighted by Gasteiger charge is 2.12. The molecular weight excluding hydrogens is 204 g/mol. The van der Waals surface area contributed by atoms with Crippen molar-refractivity contribution in [2.24, 2.45) is 12.9 Å². The van der Waals surface area contributed by atoms with Gasteiger partial charge in [0.15, 0.2) is 0 Å². The Kier molecular flexibility index (Phi) is 3.23. The van der Waals surface area contributed by atoms with E-state index >= 15 is 0 Å². The Bertz CT molecular complexity index is 438. The van der Waals surface area contributed by atoms with E-state index in [-0.39, 0.29) is 6.04 Å². The van der Waals surface area contributed by atoms with Crippen LogP contribution < -0.4 is 11.3 Å². The predicted octanol–water partition coefficient (Wildman–Crippen LogP) is -0.0428. The third-order valence-electron chi connectivity index (χ3n) is 2.35. The minimum absolute atomic E-state index is 0.00500. The Balaban J connectivity index is 2.12. The van der Waals surface area contributed by atoms with E-state index in [1.54, 1.807) is 17.1 Å². The van der Waals surface area contributed by atoms with Gasteiger partial charge in [-0.1, -0.05) is 11.3 Å². The molecule has 2 rings (SSSR count). The van der Waals surface area contributed by atoms with E-state index in [2.05, 4.69) is 20.7 Å². The third kappa shape index (κ3) is 2.41. The number of nitrogens with two attached hydrogens (primary N) is 1. The van der Waals surface area contributed by atoms with Crippen molar-refractivity contribution in [2.45, 2.75) is 12.5 Å². The van der Waals surface area contributed by atoms with Crippen LogP contribution in [0.1, 0.15) is 17.3 Å². The van der Waals surface area contributed by atoms with Crippen molar-refractivity contribution in [1.82, 2.24) is 25.4 Å². The summed E-state index contributed by atoms with van der Waals surface area (Å²) in [6.07, 6.45) is 6.09. The first-order valence-electron chi connectivity index (χ1n) is 5.01. The number of nitrogens with zero attached hydrogens (tertiary/aromatic N) is 4. The number of aromatic nitrogens is 4. The largest absolute Gasteiger partial charge is 0.271 e. The normalized spacial score (nSPS) is 12.6. The van der Waals surface area contributed by atoms with Crippen LogP contribution in [0.15, 0.2) is 30.7 Å². The van der Waals surface area contributed by atoms with Crippen molar-refractivity contribution in [3.05, 3.63) is 42.0 Å². The molecule has 1 unspecified atom stereocenters. The van der Waals surface area contributed by atoms with Gasteiger partial charge in [-0.2, -0.15) is 0 Å². The zero-order valence-electron chi connectivity index (χ0n) is 9.04. The fraction of sp³-hybridized carbons (Fsp3) is 0.300. The zero-order chi connectivity index (χ0) is 11.4. The van der Waals surface area contributed by atoms with Crippen molar-refractivity contribution in [1.29, 1.82) is 0 Å². The van der Waals surface area contributed by atoms with Gasteiger partial charge in [0.05, 0.1) is 11.7 Å². The highest BCUT2D eigenvalue weighted by atomic mass is 15.4. The minimum Gasteiger partial charge on any atom is -0.271 e. The van der Waals surface area contributed by atoms with E-state index < -0.39 is 0 Å². The number of rotatable bonds is 4. The molecule has 2 heterocycles. The molecule has 84 valence electrons. The Morgan fingerprint density at radius 2 is 2.44 bits per heavy atom. The van der Waals surface area contributed by atoms with Gasteiger partial charge >= 0.3 is 0 Å². The van der Waals surface area contributed by atoms with Crippen LogP contribution in [0.25, 0.3) is 0 Å².